The quantitative estimate of drug-likeness (QED) is 0.828. The van der Waals surface area contributed by atoms with Crippen molar-refractivity contribution in [3.63, 3.8) is 0 Å². The van der Waals surface area contributed by atoms with Gasteiger partial charge in [0.1, 0.15) is 12.4 Å². The van der Waals surface area contributed by atoms with Crippen molar-refractivity contribution < 1.29 is 9.18 Å². The van der Waals surface area contributed by atoms with Crippen molar-refractivity contribution in [2.24, 2.45) is 0 Å². The van der Waals surface area contributed by atoms with Gasteiger partial charge in [0.05, 0.1) is 6.54 Å². The third kappa shape index (κ3) is 2.71. The number of hydrogen-bond donors (Lipinski definition) is 0. The molecule has 3 nitrogen and oxygen atoms in total. The second-order valence-corrected chi connectivity index (χ2v) is 3.70. The number of carbonyl (C=O) groups is 1. The molecule has 0 spiro atoms. The standard InChI is InChI=1S/C14H13FN2O/c15-9-11-17(12-6-2-1-3-7-12)14(18)13-8-4-5-10-16-13/h1-8,10H,9,11H2. The highest BCUT2D eigenvalue weighted by Crippen LogP contribution is 2.15. The number of halogens is 1. The average Bonchev–Trinajstić information content (AvgIpc) is 2.46. The number of para-hydroxylation sites is 1. The molecule has 1 aromatic carbocycles. The van der Waals surface area contributed by atoms with E-state index in [0.29, 0.717) is 11.4 Å². The Labute approximate surface area is 105 Å². The van der Waals surface area contributed by atoms with Gasteiger partial charge in [-0.15, -0.1) is 0 Å². The topological polar surface area (TPSA) is 33.2 Å². The van der Waals surface area contributed by atoms with E-state index in [9.17, 15) is 9.18 Å². The molecule has 1 heterocycles. The maximum atomic E-state index is 12.6. The minimum absolute atomic E-state index is 0.0272. The van der Waals surface area contributed by atoms with Crippen LogP contribution < -0.4 is 4.90 Å². The van der Waals surface area contributed by atoms with Crippen molar-refractivity contribution in [3.8, 4) is 0 Å². The molecule has 0 aliphatic carbocycles. The maximum Gasteiger partial charge on any atom is 0.276 e. The summed E-state index contributed by atoms with van der Waals surface area (Å²) in [6.45, 7) is -0.563. The van der Waals surface area contributed by atoms with Crippen molar-refractivity contribution in [3.05, 3.63) is 60.4 Å². The lowest BCUT2D eigenvalue weighted by Crippen LogP contribution is -2.33. The summed E-state index contributed by atoms with van der Waals surface area (Å²) in [6, 6.07) is 14.1. The highest BCUT2D eigenvalue weighted by molar-refractivity contribution is 6.04. The Morgan fingerprint density at radius 2 is 1.83 bits per heavy atom. The van der Waals surface area contributed by atoms with Gasteiger partial charge in [0.15, 0.2) is 0 Å². The lowest BCUT2D eigenvalue weighted by atomic mass is 10.2. The fraction of sp³-hybridized carbons (Fsp3) is 0.143. The second kappa shape index (κ2) is 5.91. The number of rotatable bonds is 4. The van der Waals surface area contributed by atoms with Crippen LogP contribution in [0.4, 0.5) is 10.1 Å². The number of aromatic nitrogens is 1. The molecule has 0 fully saturated rings. The van der Waals surface area contributed by atoms with Crippen molar-refractivity contribution in [1.29, 1.82) is 0 Å². The summed E-state index contributed by atoms with van der Waals surface area (Å²) in [6.07, 6.45) is 1.55. The number of alkyl halides is 1. The van der Waals surface area contributed by atoms with Gasteiger partial charge in [-0.3, -0.25) is 9.78 Å². The molecule has 0 radical (unpaired) electrons. The van der Waals surface area contributed by atoms with E-state index in [4.69, 9.17) is 0 Å². The Morgan fingerprint density at radius 1 is 1.11 bits per heavy atom. The van der Waals surface area contributed by atoms with Crippen LogP contribution in [-0.4, -0.2) is 24.1 Å². The van der Waals surface area contributed by atoms with Gasteiger partial charge in [0.25, 0.3) is 5.91 Å². The van der Waals surface area contributed by atoms with E-state index in [0.717, 1.165) is 0 Å². The molecule has 0 N–H and O–H groups in total. The van der Waals surface area contributed by atoms with Crippen LogP contribution in [0.2, 0.25) is 0 Å². The molecular formula is C14H13FN2O. The van der Waals surface area contributed by atoms with Crippen LogP contribution >= 0.6 is 0 Å². The molecule has 0 unspecified atom stereocenters. The summed E-state index contributed by atoms with van der Waals surface area (Å²) in [7, 11) is 0. The lowest BCUT2D eigenvalue weighted by Gasteiger charge is -2.20. The maximum absolute atomic E-state index is 12.6. The molecule has 2 aromatic rings. The fourth-order valence-electron chi connectivity index (χ4n) is 1.67. The summed E-state index contributed by atoms with van der Waals surface area (Å²) < 4.78 is 12.6. The van der Waals surface area contributed by atoms with Crippen LogP contribution in [0.3, 0.4) is 0 Å². The van der Waals surface area contributed by atoms with E-state index in [1.165, 1.54) is 4.90 Å². The third-order valence-corrected chi connectivity index (χ3v) is 2.51. The second-order valence-electron chi connectivity index (χ2n) is 3.70. The SMILES string of the molecule is O=C(c1ccccn1)N(CCF)c1ccccc1. The van der Waals surface area contributed by atoms with E-state index in [1.54, 1.807) is 36.5 Å². The van der Waals surface area contributed by atoms with Crippen LogP contribution in [0.1, 0.15) is 10.5 Å². The molecule has 2 rings (SSSR count). The number of amides is 1. The number of pyridine rings is 1. The molecule has 1 amide bonds. The summed E-state index contributed by atoms with van der Waals surface area (Å²) in [5.41, 5.74) is 0.987. The summed E-state index contributed by atoms with van der Waals surface area (Å²) in [5, 5.41) is 0. The van der Waals surface area contributed by atoms with Crippen molar-refractivity contribution in [2.45, 2.75) is 0 Å². The Kier molecular flexibility index (Phi) is 4.02. The van der Waals surface area contributed by atoms with Crippen LogP contribution in [-0.2, 0) is 0 Å². The van der Waals surface area contributed by atoms with E-state index in [2.05, 4.69) is 4.98 Å². The van der Waals surface area contributed by atoms with Gasteiger partial charge in [-0.25, -0.2) is 4.39 Å². The molecule has 0 saturated heterocycles. The van der Waals surface area contributed by atoms with Gasteiger partial charge in [0.2, 0.25) is 0 Å². The van der Waals surface area contributed by atoms with Crippen molar-refractivity contribution in [1.82, 2.24) is 4.98 Å². The first-order chi connectivity index (χ1) is 8.83. The van der Waals surface area contributed by atoms with E-state index in [-0.39, 0.29) is 12.5 Å². The molecule has 4 heteroatoms. The molecule has 1 aromatic heterocycles. The van der Waals surface area contributed by atoms with E-state index < -0.39 is 6.67 Å². The van der Waals surface area contributed by atoms with Crippen LogP contribution in [0, 0.1) is 0 Å². The van der Waals surface area contributed by atoms with Gasteiger partial charge in [-0.05, 0) is 24.3 Å². The first-order valence-corrected chi connectivity index (χ1v) is 5.67. The number of benzene rings is 1. The van der Waals surface area contributed by atoms with Crippen molar-refractivity contribution in [2.75, 3.05) is 18.1 Å². The normalized spacial score (nSPS) is 10.1. The summed E-state index contributed by atoms with van der Waals surface area (Å²) >= 11 is 0. The predicted molar refractivity (Wildman–Crippen MR) is 68.3 cm³/mol. The zero-order chi connectivity index (χ0) is 12.8. The molecule has 0 aliphatic rings. The molecule has 92 valence electrons. The smallest absolute Gasteiger partial charge is 0.276 e. The third-order valence-electron chi connectivity index (χ3n) is 2.51. The molecular weight excluding hydrogens is 231 g/mol. The zero-order valence-electron chi connectivity index (χ0n) is 9.79. The number of anilines is 1. The minimum atomic E-state index is -0.590. The Hall–Kier alpha value is -2.23. The van der Waals surface area contributed by atoms with E-state index in [1.807, 2.05) is 18.2 Å². The number of nitrogens with zero attached hydrogens (tertiary/aromatic N) is 2. The number of hydrogen-bond acceptors (Lipinski definition) is 2. The van der Waals surface area contributed by atoms with Crippen LogP contribution in [0.5, 0.6) is 0 Å². The Morgan fingerprint density at radius 3 is 2.44 bits per heavy atom. The minimum Gasteiger partial charge on any atom is -0.304 e. The molecule has 0 saturated carbocycles. The molecule has 0 bridgehead atoms. The Bertz CT molecular complexity index is 502. The van der Waals surface area contributed by atoms with Crippen molar-refractivity contribution >= 4 is 11.6 Å². The zero-order valence-corrected chi connectivity index (χ0v) is 9.79. The highest BCUT2D eigenvalue weighted by Gasteiger charge is 2.17. The monoisotopic (exact) mass is 244 g/mol. The van der Waals surface area contributed by atoms with Gasteiger partial charge in [0, 0.05) is 11.9 Å². The first-order valence-electron chi connectivity index (χ1n) is 5.67. The number of carbonyl (C=O) groups excluding carboxylic acids is 1. The Balaban J connectivity index is 2.29. The predicted octanol–water partition coefficient (Wildman–Crippen LogP) is 2.70. The molecule has 0 atom stereocenters. The average molecular weight is 244 g/mol. The van der Waals surface area contributed by atoms with Crippen LogP contribution in [0.25, 0.3) is 0 Å². The highest BCUT2D eigenvalue weighted by atomic mass is 19.1. The molecule has 0 aliphatic heterocycles. The van der Waals surface area contributed by atoms with Crippen LogP contribution in [0.15, 0.2) is 54.7 Å². The largest absolute Gasteiger partial charge is 0.304 e. The molecule has 18 heavy (non-hydrogen) atoms. The van der Waals surface area contributed by atoms with Gasteiger partial charge in [-0.2, -0.15) is 0 Å². The first kappa shape index (κ1) is 12.2. The van der Waals surface area contributed by atoms with Gasteiger partial charge >= 0.3 is 0 Å². The van der Waals surface area contributed by atoms with Gasteiger partial charge in [-0.1, -0.05) is 24.3 Å². The van der Waals surface area contributed by atoms with E-state index >= 15 is 0 Å². The summed E-state index contributed by atoms with van der Waals surface area (Å²) in [4.78, 5) is 17.6. The fourth-order valence-corrected chi connectivity index (χ4v) is 1.67. The van der Waals surface area contributed by atoms with Gasteiger partial charge < -0.3 is 4.90 Å². The lowest BCUT2D eigenvalue weighted by molar-refractivity contribution is 0.0980. The summed E-state index contributed by atoms with van der Waals surface area (Å²) in [5.74, 6) is -0.292.